The number of carbonyl (C=O) groups excluding carboxylic acids is 1. The number of furan rings is 1. The van der Waals surface area contributed by atoms with E-state index in [-0.39, 0.29) is 5.91 Å². The molecule has 0 fully saturated rings. The van der Waals surface area contributed by atoms with Crippen molar-refractivity contribution in [1.82, 2.24) is 0 Å². The van der Waals surface area contributed by atoms with Crippen LogP contribution in [0.15, 0.2) is 53.0 Å². The Bertz CT molecular complexity index is 847. The molecule has 0 bridgehead atoms. The molecule has 3 rings (SSSR count). The molecule has 0 aliphatic rings. The van der Waals surface area contributed by atoms with Crippen molar-refractivity contribution >= 4 is 28.6 Å². The number of rotatable bonds is 3. The van der Waals surface area contributed by atoms with Crippen LogP contribution in [0.2, 0.25) is 0 Å². The molecule has 0 saturated carbocycles. The summed E-state index contributed by atoms with van der Waals surface area (Å²) in [4.78, 5) is 12.2. The first-order valence-electron chi connectivity index (χ1n) is 7.58. The number of para-hydroxylation sites is 1. The molecule has 0 saturated heterocycles. The van der Waals surface area contributed by atoms with Gasteiger partial charge in [-0.2, -0.15) is 0 Å². The van der Waals surface area contributed by atoms with Crippen LogP contribution in [0.25, 0.3) is 17.0 Å². The molecule has 0 spiro atoms. The van der Waals surface area contributed by atoms with Gasteiger partial charge in [0.25, 0.3) is 0 Å². The molecular formula is C20H19NO2. The van der Waals surface area contributed by atoms with Crippen molar-refractivity contribution in [2.45, 2.75) is 20.8 Å². The van der Waals surface area contributed by atoms with E-state index in [0.29, 0.717) is 5.76 Å². The van der Waals surface area contributed by atoms with Gasteiger partial charge in [-0.25, -0.2) is 0 Å². The Morgan fingerprint density at radius 3 is 2.43 bits per heavy atom. The molecular weight excluding hydrogens is 286 g/mol. The van der Waals surface area contributed by atoms with E-state index in [2.05, 4.69) is 17.4 Å². The molecule has 1 aromatic heterocycles. The van der Waals surface area contributed by atoms with E-state index < -0.39 is 0 Å². The van der Waals surface area contributed by atoms with Gasteiger partial charge in [0, 0.05) is 17.1 Å². The molecule has 3 nitrogen and oxygen atoms in total. The van der Waals surface area contributed by atoms with Crippen LogP contribution in [0.1, 0.15) is 22.5 Å². The third kappa shape index (κ3) is 3.34. The zero-order valence-corrected chi connectivity index (χ0v) is 13.5. The highest BCUT2D eigenvalue weighted by Gasteiger charge is 2.06. The molecule has 23 heavy (non-hydrogen) atoms. The molecule has 0 aliphatic heterocycles. The highest BCUT2D eigenvalue weighted by atomic mass is 16.3. The molecule has 0 radical (unpaired) electrons. The van der Waals surface area contributed by atoms with Crippen LogP contribution in [-0.4, -0.2) is 5.91 Å². The Morgan fingerprint density at radius 1 is 1.04 bits per heavy atom. The smallest absolute Gasteiger partial charge is 0.248 e. The third-order valence-electron chi connectivity index (χ3n) is 3.77. The van der Waals surface area contributed by atoms with Crippen molar-refractivity contribution in [3.05, 3.63) is 71.0 Å². The van der Waals surface area contributed by atoms with E-state index in [1.165, 1.54) is 11.6 Å². The van der Waals surface area contributed by atoms with E-state index in [0.717, 1.165) is 27.8 Å². The van der Waals surface area contributed by atoms with Gasteiger partial charge < -0.3 is 9.73 Å². The van der Waals surface area contributed by atoms with Gasteiger partial charge in [-0.15, -0.1) is 0 Å². The van der Waals surface area contributed by atoms with E-state index in [1.54, 1.807) is 6.08 Å². The van der Waals surface area contributed by atoms with E-state index >= 15 is 0 Å². The van der Waals surface area contributed by atoms with E-state index in [9.17, 15) is 4.79 Å². The molecule has 0 aliphatic carbocycles. The lowest BCUT2D eigenvalue weighted by molar-refractivity contribution is -0.111. The average Bonchev–Trinajstić information content (AvgIpc) is 2.91. The predicted molar refractivity (Wildman–Crippen MR) is 94.5 cm³/mol. The standard InChI is InChI=1S/C20H19NO2/c1-13-10-14(2)20(15(3)11-13)21-19(22)9-8-17-12-16-6-4-5-7-18(16)23-17/h4-12H,1-3H3,(H,21,22)/b9-8+. The summed E-state index contributed by atoms with van der Waals surface area (Å²) < 4.78 is 5.67. The summed E-state index contributed by atoms with van der Waals surface area (Å²) in [6.45, 7) is 6.05. The topological polar surface area (TPSA) is 42.2 Å². The fraction of sp³-hybridized carbons (Fsp3) is 0.150. The average molecular weight is 305 g/mol. The van der Waals surface area contributed by atoms with Gasteiger partial charge in [-0.05, 0) is 50.1 Å². The van der Waals surface area contributed by atoms with E-state index in [4.69, 9.17) is 4.42 Å². The minimum absolute atomic E-state index is 0.166. The summed E-state index contributed by atoms with van der Waals surface area (Å²) in [6.07, 6.45) is 3.19. The van der Waals surface area contributed by atoms with Crippen LogP contribution in [0, 0.1) is 20.8 Å². The van der Waals surface area contributed by atoms with Crippen LogP contribution in [-0.2, 0) is 4.79 Å². The second-order valence-electron chi connectivity index (χ2n) is 5.78. The predicted octanol–water partition coefficient (Wildman–Crippen LogP) is 5.01. The number of hydrogen-bond acceptors (Lipinski definition) is 2. The first kappa shape index (κ1) is 15.1. The number of benzene rings is 2. The molecule has 3 heteroatoms. The zero-order valence-electron chi connectivity index (χ0n) is 13.5. The van der Waals surface area contributed by atoms with Crippen molar-refractivity contribution in [3.8, 4) is 0 Å². The largest absolute Gasteiger partial charge is 0.457 e. The molecule has 2 aromatic carbocycles. The van der Waals surface area contributed by atoms with Crippen LogP contribution >= 0.6 is 0 Å². The number of hydrogen-bond donors (Lipinski definition) is 1. The first-order valence-corrected chi connectivity index (χ1v) is 7.58. The lowest BCUT2D eigenvalue weighted by Gasteiger charge is -2.11. The summed E-state index contributed by atoms with van der Waals surface area (Å²) in [7, 11) is 0. The number of amides is 1. The van der Waals surface area contributed by atoms with Gasteiger partial charge in [0.05, 0.1) is 0 Å². The van der Waals surface area contributed by atoms with E-state index in [1.807, 2.05) is 51.1 Å². The normalized spacial score (nSPS) is 11.3. The second kappa shape index (κ2) is 6.13. The van der Waals surface area contributed by atoms with Crippen LogP contribution in [0.4, 0.5) is 5.69 Å². The lowest BCUT2D eigenvalue weighted by atomic mass is 10.1. The molecule has 3 aromatic rings. The molecule has 1 heterocycles. The van der Waals surface area contributed by atoms with Crippen LogP contribution in [0.3, 0.4) is 0 Å². The van der Waals surface area contributed by atoms with Crippen molar-refractivity contribution in [2.24, 2.45) is 0 Å². The molecule has 1 N–H and O–H groups in total. The van der Waals surface area contributed by atoms with Gasteiger partial charge in [0.2, 0.25) is 5.91 Å². The third-order valence-corrected chi connectivity index (χ3v) is 3.77. The molecule has 1 amide bonds. The second-order valence-corrected chi connectivity index (χ2v) is 5.78. The van der Waals surface area contributed by atoms with Gasteiger partial charge in [-0.3, -0.25) is 4.79 Å². The van der Waals surface area contributed by atoms with Gasteiger partial charge in [-0.1, -0.05) is 35.9 Å². The summed E-state index contributed by atoms with van der Waals surface area (Å²) in [5.41, 5.74) is 5.00. The first-order chi connectivity index (χ1) is 11.0. The minimum atomic E-state index is -0.166. The summed E-state index contributed by atoms with van der Waals surface area (Å²) in [6, 6.07) is 13.8. The SMILES string of the molecule is Cc1cc(C)c(NC(=O)/C=C/c2cc3ccccc3o2)c(C)c1. The number of nitrogens with one attached hydrogen (secondary N) is 1. The minimum Gasteiger partial charge on any atom is -0.457 e. The maximum atomic E-state index is 12.2. The highest BCUT2D eigenvalue weighted by Crippen LogP contribution is 2.22. The number of carbonyl (C=O) groups is 1. The van der Waals surface area contributed by atoms with Gasteiger partial charge in [0.1, 0.15) is 11.3 Å². The van der Waals surface area contributed by atoms with Gasteiger partial charge in [0.15, 0.2) is 0 Å². The maximum absolute atomic E-state index is 12.2. The Morgan fingerprint density at radius 2 is 1.74 bits per heavy atom. The highest BCUT2D eigenvalue weighted by molar-refractivity contribution is 6.02. The fourth-order valence-electron chi connectivity index (χ4n) is 2.78. The summed E-state index contributed by atoms with van der Waals surface area (Å²) >= 11 is 0. The van der Waals surface area contributed by atoms with Crippen molar-refractivity contribution in [1.29, 1.82) is 0 Å². The number of aryl methyl sites for hydroxylation is 3. The Kier molecular flexibility index (Phi) is 4.02. The zero-order chi connectivity index (χ0) is 16.4. The Hall–Kier alpha value is -2.81. The Balaban J connectivity index is 1.76. The summed E-state index contributed by atoms with van der Waals surface area (Å²) in [5.74, 6) is 0.499. The lowest BCUT2D eigenvalue weighted by Crippen LogP contribution is -2.10. The van der Waals surface area contributed by atoms with Gasteiger partial charge >= 0.3 is 0 Å². The van der Waals surface area contributed by atoms with Crippen LogP contribution < -0.4 is 5.32 Å². The van der Waals surface area contributed by atoms with Crippen molar-refractivity contribution in [3.63, 3.8) is 0 Å². The summed E-state index contributed by atoms with van der Waals surface area (Å²) in [5, 5.41) is 3.97. The fourth-order valence-corrected chi connectivity index (χ4v) is 2.78. The Labute approximate surface area is 135 Å². The number of fused-ring (bicyclic) bond motifs is 1. The molecule has 116 valence electrons. The maximum Gasteiger partial charge on any atom is 0.248 e. The molecule has 0 unspecified atom stereocenters. The molecule has 0 atom stereocenters. The van der Waals surface area contributed by atoms with Crippen LogP contribution in [0.5, 0.6) is 0 Å². The van der Waals surface area contributed by atoms with Crippen molar-refractivity contribution < 1.29 is 9.21 Å². The van der Waals surface area contributed by atoms with Crippen molar-refractivity contribution in [2.75, 3.05) is 5.32 Å². The monoisotopic (exact) mass is 305 g/mol. The quantitative estimate of drug-likeness (QED) is 0.691. The number of anilines is 1.